The second-order valence-electron chi connectivity index (χ2n) is 6.34. The van der Waals surface area contributed by atoms with E-state index in [1.807, 2.05) is 0 Å². The maximum atomic E-state index is 6.14. The fourth-order valence-electron chi connectivity index (χ4n) is 3.69. The van der Waals surface area contributed by atoms with Crippen LogP contribution in [0.1, 0.15) is 87.6 Å². The molecule has 3 nitrogen and oxygen atoms in total. The zero-order valence-corrected chi connectivity index (χ0v) is 13.7. The molecule has 0 bridgehead atoms. The van der Waals surface area contributed by atoms with E-state index in [9.17, 15) is 0 Å². The van der Waals surface area contributed by atoms with Gasteiger partial charge in [0.25, 0.3) is 0 Å². The van der Waals surface area contributed by atoms with Gasteiger partial charge in [-0.1, -0.05) is 38.5 Å². The van der Waals surface area contributed by atoms with Crippen LogP contribution in [0.5, 0.6) is 0 Å². The van der Waals surface area contributed by atoms with Crippen molar-refractivity contribution in [2.75, 3.05) is 5.73 Å². The number of hydrogen-bond donors (Lipinski definition) is 1. The minimum atomic E-state index is 0.521. The molecule has 0 radical (unpaired) electrons. The summed E-state index contributed by atoms with van der Waals surface area (Å²) in [4.78, 5) is 9.53. The average Bonchev–Trinajstić information content (AvgIpc) is 2.84. The molecule has 110 valence electrons. The molecule has 4 heteroatoms. The van der Waals surface area contributed by atoms with Crippen molar-refractivity contribution in [3.8, 4) is 0 Å². The first kappa shape index (κ1) is 14.3. The Hall–Kier alpha value is -0.640. The first-order valence-corrected chi connectivity index (χ1v) is 8.88. The zero-order valence-electron chi connectivity index (χ0n) is 12.1. The molecule has 0 unspecified atom stereocenters. The van der Waals surface area contributed by atoms with E-state index in [-0.39, 0.29) is 0 Å². The molecule has 1 heterocycles. The number of rotatable bonds is 2. The van der Waals surface area contributed by atoms with Crippen LogP contribution in [-0.2, 0) is 0 Å². The molecule has 0 saturated heterocycles. The van der Waals surface area contributed by atoms with Gasteiger partial charge in [0, 0.05) is 11.8 Å². The third kappa shape index (κ3) is 3.00. The molecular weight excluding hydrogens is 314 g/mol. The lowest BCUT2D eigenvalue weighted by atomic mass is 9.98. The van der Waals surface area contributed by atoms with Gasteiger partial charge in [-0.3, -0.25) is 0 Å². The highest BCUT2D eigenvalue weighted by Gasteiger charge is 2.25. The maximum Gasteiger partial charge on any atom is 0.141 e. The summed E-state index contributed by atoms with van der Waals surface area (Å²) in [5, 5.41) is 0. The molecule has 2 aliphatic carbocycles. The fourth-order valence-corrected chi connectivity index (χ4v) is 4.19. The normalized spacial score (nSPS) is 22.1. The monoisotopic (exact) mass is 337 g/mol. The fraction of sp³-hybridized carbons (Fsp3) is 0.750. The quantitative estimate of drug-likeness (QED) is 0.779. The molecule has 2 aliphatic rings. The Kier molecular flexibility index (Phi) is 4.59. The molecule has 2 N–H and O–H groups in total. The van der Waals surface area contributed by atoms with Crippen molar-refractivity contribution in [3.63, 3.8) is 0 Å². The Labute approximate surface area is 129 Å². The van der Waals surface area contributed by atoms with Gasteiger partial charge in [0.05, 0.1) is 10.2 Å². The van der Waals surface area contributed by atoms with Crippen LogP contribution in [0.4, 0.5) is 5.82 Å². The van der Waals surface area contributed by atoms with E-state index in [0.29, 0.717) is 17.7 Å². The molecule has 20 heavy (non-hydrogen) atoms. The van der Waals surface area contributed by atoms with Gasteiger partial charge < -0.3 is 5.73 Å². The molecule has 3 rings (SSSR count). The number of nitrogen functional groups attached to an aromatic ring is 1. The van der Waals surface area contributed by atoms with E-state index < -0.39 is 0 Å². The highest BCUT2D eigenvalue weighted by Crippen LogP contribution is 2.39. The van der Waals surface area contributed by atoms with Crippen LogP contribution in [-0.4, -0.2) is 9.97 Å². The molecular formula is C16H24BrN3. The van der Waals surface area contributed by atoms with Crippen LogP contribution >= 0.6 is 15.9 Å². The summed E-state index contributed by atoms with van der Waals surface area (Å²) in [5.74, 6) is 2.75. The minimum Gasteiger partial charge on any atom is -0.383 e. The van der Waals surface area contributed by atoms with Crippen molar-refractivity contribution in [1.82, 2.24) is 9.97 Å². The van der Waals surface area contributed by atoms with E-state index in [1.54, 1.807) is 0 Å². The van der Waals surface area contributed by atoms with Crippen molar-refractivity contribution < 1.29 is 0 Å². The summed E-state index contributed by atoms with van der Waals surface area (Å²) >= 11 is 3.61. The van der Waals surface area contributed by atoms with Gasteiger partial charge in [0.15, 0.2) is 0 Å². The Balaban J connectivity index is 1.90. The lowest BCUT2D eigenvalue weighted by Crippen LogP contribution is -2.11. The molecule has 2 saturated carbocycles. The zero-order chi connectivity index (χ0) is 13.9. The maximum absolute atomic E-state index is 6.14. The largest absolute Gasteiger partial charge is 0.383 e. The molecule has 0 amide bonds. The van der Waals surface area contributed by atoms with Crippen LogP contribution in [0, 0.1) is 0 Å². The Morgan fingerprint density at radius 3 is 2.00 bits per heavy atom. The summed E-state index contributed by atoms with van der Waals surface area (Å²) < 4.78 is 0.946. The Morgan fingerprint density at radius 1 is 0.800 bits per heavy atom. The molecule has 0 atom stereocenters. The third-order valence-electron chi connectivity index (χ3n) is 4.88. The smallest absolute Gasteiger partial charge is 0.141 e. The lowest BCUT2D eigenvalue weighted by Gasteiger charge is -2.18. The number of aromatic nitrogens is 2. The summed E-state index contributed by atoms with van der Waals surface area (Å²) in [7, 11) is 0. The van der Waals surface area contributed by atoms with Gasteiger partial charge in [-0.15, -0.1) is 0 Å². The Bertz CT molecular complexity index is 461. The van der Waals surface area contributed by atoms with Gasteiger partial charge in [-0.05, 0) is 41.6 Å². The van der Waals surface area contributed by atoms with Gasteiger partial charge in [-0.25, -0.2) is 9.97 Å². The second-order valence-corrected chi connectivity index (χ2v) is 7.13. The average molecular weight is 338 g/mol. The van der Waals surface area contributed by atoms with E-state index in [2.05, 4.69) is 20.9 Å². The molecule has 0 aliphatic heterocycles. The van der Waals surface area contributed by atoms with Crippen LogP contribution in [0.25, 0.3) is 0 Å². The van der Waals surface area contributed by atoms with Crippen molar-refractivity contribution in [3.05, 3.63) is 16.0 Å². The first-order chi connectivity index (χ1) is 9.75. The molecule has 0 spiro atoms. The number of nitrogens with zero attached hydrogens (tertiary/aromatic N) is 2. The minimum absolute atomic E-state index is 0.521. The molecule has 1 aromatic rings. The number of anilines is 1. The van der Waals surface area contributed by atoms with E-state index in [0.717, 1.165) is 10.3 Å². The lowest BCUT2D eigenvalue weighted by molar-refractivity contribution is 0.552. The third-order valence-corrected chi connectivity index (χ3v) is 5.69. The van der Waals surface area contributed by atoms with Gasteiger partial charge >= 0.3 is 0 Å². The van der Waals surface area contributed by atoms with Crippen molar-refractivity contribution in [2.24, 2.45) is 0 Å². The van der Waals surface area contributed by atoms with Crippen LogP contribution in [0.2, 0.25) is 0 Å². The van der Waals surface area contributed by atoms with Crippen molar-refractivity contribution >= 4 is 21.7 Å². The molecule has 1 aromatic heterocycles. The topological polar surface area (TPSA) is 51.8 Å². The Morgan fingerprint density at radius 2 is 1.35 bits per heavy atom. The number of nitrogens with two attached hydrogens (primary N) is 1. The second kappa shape index (κ2) is 6.42. The van der Waals surface area contributed by atoms with Gasteiger partial charge in [-0.2, -0.15) is 0 Å². The van der Waals surface area contributed by atoms with Crippen molar-refractivity contribution in [2.45, 2.75) is 76.0 Å². The van der Waals surface area contributed by atoms with Gasteiger partial charge in [0.2, 0.25) is 0 Å². The summed E-state index contributed by atoms with van der Waals surface area (Å²) in [5.41, 5.74) is 7.31. The van der Waals surface area contributed by atoms with E-state index >= 15 is 0 Å². The van der Waals surface area contributed by atoms with Crippen LogP contribution < -0.4 is 5.73 Å². The van der Waals surface area contributed by atoms with E-state index in [4.69, 9.17) is 10.7 Å². The molecule has 2 fully saturated rings. The van der Waals surface area contributed by atoms with Gasteiger partial charge in [0.1, 0.15) is 11.6 Å². The summed E-state index contributed by atoms with van der Waals surface area (Å²) in [6.45, 7) is 0. The standard InChI is InChI=1S/C16H24BrN3/c17-13-14(11-7-5-6-8-11)19-16(20-15(13)18)12-9-3-1-2-4-10-12/h11-12H,1-10H2,(H2,18,19,20). The predicted octanol–water partition coefficient (Wildman–Crippen LogP) is 4.92. The predicted molar refractivity (Wildman–Crippen MR) is 85.8 cm³/mol. The summed E-state index contributed by atoms with van der Waals surface area (Å²) in [6, 6.07) is 0. The van der Waals surface area contributed by atoms with Crippen LogP contribution in [0.15, 0.2) is 4.47 Å². The first-order valence-electron chi connectivity index (χ1n) is 8.08. The highest BCUT2D eigenvalue weighted by molar-refractivity contribution is 9.10. The number of halogens is 1. The van der Waals surface area contributed by atoms with Crippen molar-refractivity contribution in [1.29, 1.82) is 0 Å². The highest BCUT2D eigenvalue weighted by atomic mass is 79.9. The SMILES string of the molecule is Nc1nc(C2CCCCCC2)nc(C2CCCC2)c1Br. The number of hydrogen-bond acceptors (Lipinski definition) is 3. The summed E-state index contributed by atoms with van der Waals surface area (Å²) in [6.07, 6.45) is 12.9. The molecule has 0 aromatic carbocycles. The van der Waals surface area contributed by atoms with Crippen LogP contribution in [0.3, 0.4) is 0 Å². The van der Waals surface area contributed by atoms with E-state index in [1.165, 1.54) is 69.9 Å².